The van der Waals surface area contributed by atoms with Gasteiger partial charge in [0.25, 0.3) is 5.56 Å². The van der Waals surface area contributed by atoms with Crippen LogP contribution in [0.3, 0.4) is 0 Å². The zero-order valence-electron chi connectivity index (χ0n) is 10.8. The largest absolute Gasteiger partial charge is 0.394 e. The Bertz CT molecular complexity index is 611. The van der Waals surface area contributed by atoms with Gasteiger partial charge in [0.1, 0.15) is 5.69 Å². The van der Waals surface area contributed by atoms with Crippen LogP contribution in [0, 0.1) is 5.92 Å². The number of rotatable bonds is 3. The Balaban J connectivity index is 2.50. The molecular formula is C12H17N5O. The van der Waals surface area contributed by atoms with Gasteiger partial charge in [-0.05, 0) is 12.0 Å². The van der Waals surface area contributed by atoms with Crippen molar-refractivity contribution in [1.82, 2.24) is 19.6 Å². The highest BCUT2D eigenvalue weighted by Crippen LogP contribution is 2.16. The van der Waals surface area contributed by atoms with Crippen molar-refractivity contribution in [2.75, 3.05) is 5.73 Å². The summed E-state index contributed by atoms with van der Waals surface area (Å²) in [6.45, 7) is 4.74. The van der Waals surface area contributed by atoms with Crippen LogP contribution in [0.15, 0.2) is 23.3 Å². The van der Waals surface area contributed by atoms with E-state index in [2.05, 4.69) is 24.0 Å². The lowest BCUT2D eigenvalue weighted by Gasteiger charge is -2.10. The number of anilines is 1. The first-order valence-electron chi connectivity index (χ1n) is 5.84. The molecule has 0 amide bonds. The predicted molar refractivity (Wildman–Crippen MR) is 69.9 cm³/mol. The normalized spacial score (nSPS) is 11.1. The van der Waals surface area contributed by atoms with E-state index in [1.54, 1.807) is 30.1 Å². The predicted octanol–water partition coefficient (Wildman–Crippen LogP) is 0.882. The van der Waals surface area contributed by atoms with Crippen molar-refractivity contribution in [1.29, 1.82) is 0 Å². The van der Waals surface area contributed by atoms with Gasteiger partial charge in [0, 0.05) is 25.4 Å². The average Bonchev–Trinajstić information content (AvgIpc) is 2.70. The van der Waals surface area contributed by atoms with Crippen LogP contribution in [0.25, 0.3) is 11.3 Å². The zero-order valence-corrected chi connectivity index (χ0v) is 10.8. The molecule has 0 atom stereocenters. The Labute approximate surface area is 105 Å². The van der Waals surface area contributed by atoms with Crippen LogP contribution in [0.2, 0.25) is 0 Å². The fourth-order valence-electron chi connectivity index (χ4n) is 1.81. The maximum Gasteiger partial charge on any atom is 0.273 e. The second kappa shape index (κ2) is 4.64. The van der Waals surface area contributed by atoms with Gasteiger partial charge in [-0.3, -0.25) is 4.79 Å². The number of aryl methyl sites for hydroxylation is 1. The molecule has 18 heavy (non-hydrogen) atoms. The summed E-state index contributed by atoms with van der Waals surface area (Å²) in [4.78, 5) is 13.4. The molecule has 0 spiro atoms. The molecule has 0 fully saturated rings. The molecule has 0 aliphatic heterocycles. The molecule has 0 saturated carbocycles. The van der Waals surface area contributed by atoms with Gasteiger partial charge in [0.15, 0.2) is 0 Å². The van der Waals surface area contributed by atoms with Crippen molar-refractivity contribution in [3.8, 4) is 11.3 Å². The molecule has 2 N–H and O–H groups in total. The van der Waals surface area contributed by atoms with Gasteiger partial charge in [-0.2, -0.15) is 15.0 Å². The fraction of sp³-hybridized carbons (Fsp3) is 0.417. The highest BCUT2D eigenvalue weighted by molar-refractivity contribution is 5.61. The lowest BCUT2D eigenvalue weighted by Crippen LogP contribution is -2.24. The topological polar surface area (TPSA) is 78.7 Å². The van der Waals surface area contributed by atoms with Crippen molar-refractivity contribution in [3.63, 3.8) is 0 Å². The number of hydrogen-bond donors (Lipinski definition) is 1. The molecule has 0 aliphatic rings. The highest BCUT2D eigenvalue weighted by Gasteiger charge is 2.09. The van der Waals surface area contributed by atoms with Gasteiger partial charge in [0.2, 0.25) is 0 Å². The summed E-state index contributed by atoms with van der Waals surface area (Å²) in [6, 6.07) is 1.64. The number of nitrogens with zero attached hydrogens (tertiary/aromatic N) is 4. The lowest BCUT2D eigenvalue weighted by atomic mass is 10.2. The third-order valence-corrected chi connectivity index (χ3v) is 2.57. The first kappa shape index (κ1) is 12.3. The molecule has 0 saturated heterocycles. The molecule has 2 aromatic rings. The number of nitrogen functional groups attached to an aromatic ring is 1. The standard InChI is InChI=1S/C12H17N5O/c1-8(2)6-17-7-9(4-10(13)12(17)18)11-5-14-16(3)15-11/h4-5,7-8H,6,13H2,1-3H3. The Morgan fingerprint density at radius 1 is 1.44 bits per heavy atom. The quantitative estimate of drug-likeness (QED) is 0.873. The van der Waals surface area contributed by atoms with Gasteiger partial charge in [-0.15, -0.1) is 0 Å². The molecule has 0 bridgehead atoms. The summed E-state index contributed by atoms with van der Waals surface area (Å²) < 4.78 is 1.63. The Morgan fingerprint density at radius 2 is 2.17 bits per heavy atom. The minimum absolute atomic E-state index is 0.156. The van der Waals surface area contributed by atoms with Crippen molar-refractivity contribution in [2.45, 2.75) is 20.4 Å². The van der Waals surface area contributed by atoms with E-state index in [1.807, 2.05) is 0 Å². The van der Waals surface area contributed by atoms with E-state index in [9.17, 15) is 4.79 Å². The number of pyridine rings is 1. The van der Waals surface area contributed by atoms with E-state index >= 15 is 0 Å². The van der Waals surface area contributed by atoms with Crippen LogP contribution >= 0.6 is 0 Å². The number of nitrogens with two attached hydrogens (primary N) is 1. The van der Waals surface area contributed by atoms with Gasteiger partial charge >= 0.3 is 0 Å². The maximum atomic E-state index is 11.9. The zero-order chi connectivity index (χ0) is 13.3. The monoisotopic (exact) mass is 247 g/mol. The SMILES string of the molecule is CC(C)Cn1cc(-c2cnn(C)n2)cc(N)c1=O. The Kier molecular flexibility index (Phi) is 3.18. The second-order valence-corrected chi connectivity index (χ2v) is 4.75. The van der Waals surface area contributed by atoms with Crippen molar-refractivity contribution in [3.05, 3.63) is 28.8 Å². The Hall–Kier alpha value is -2.11. The van der Waals surface area contributed by atoms with Crippen LogP contribution in [0.4, 0.5) is 5.69 Å². The van der Waals surface area contributed by atoms with Gasteiger partial charge in [-0.1, -0.05) is 13.8 Å². The van der Waals surface area contributed by atoms with Gasteiger partial charge < -0.3 is 10.3 Å². The molecule has 0 aromatic carbocycles. The summed E-state index contributed by atoms with van der Waals surface area (Å²) in [5.41, 5.74) is 7.35. The summed E-state index contributed by atoms with van der Waals surface area (Å²) in [7, 11) is 1.75. The number of hydrogen-bond acceptors (Lipinski definition) is 4. The summed E-state index contributed by atoms with van der Waals surface area (Å²) in [6.07, 6.45) is 3.43. The van der Waals surface area contributed by atoms with E-state index in [0.29, 0.717) is 18.2 Å². The minimum atomic E-state index is -0.156. The average molecular weight is 247 g/mol. The van der Waals surface area contributed by atoms with E-state index in [0.717, 1.165) is 5.56 Å². The third-order valence-electron chi connectivity index (χ3n) is 2.57. The molecule has 0 aliphatic carbocycles. The molecule has 6 heteroatoms. The molecule has 0 unspecified atom stereocenters. The van der Waals surface area contributed by atoms with Crippen molar-refractivity contribution >= 4 is 5.69 Å². The molecular weight excluding hydrogens is 230 g/mol. The summed E-state index contributed by atoms with van der Waals surface area (Å²) >= 11 is 0. The Morgan fingerprint density at radius 3 is 2.72 bits per heavy atom. The number of aromatic nitrogens is 4. The van der Waals surface area contributed by atoms with Crippen LogP contribution in [-0.2, 0) is 13.6 Å². The van der Waals surface area contributed by atoms with Crippen LogP contribution < -0.4 is 11.3 Å². The highest BCUT2D eigenvalue weighted by atomic mass is 16.1. The molecule has 6 nitrogen and oxygen atoms in total. The molecule has 2 rings (SSSR count). The minimum Gasteiger partial charge on any atom is -0.394 e. The molecule has 96 valence electrons. The third kappa shape index (κ3) is 2.42. The van der Waals surface area contributed by atoms with Crippen LogP contribution in [0.1, 0.15) is 13.8 Å². The van der Waals surface area contributed by atoms with Gasteiger partial charge in [0.05, 0.1) is 11.9 Å². The molecule has 2 aromatic heterocycles. The fourth-order valence-corrected chi connectivity index (χ4v) is 1.81. The summed E-state index contributed by atoms with van der Waals surface area (Å²) in [5.74, 6) is 0.374. The summed E-state index contributed by atoms with van der Waals surface area (Å²) in [5, 5.41) is 8.22. The van der Waals surface area contributed by atoms with Crippen LogP contribution in [-0.4, -0.2) is 19.6 Å². The van der Waals surface area contributed by atoms with Crippen molar-refractivity contribution in [2.24, 2.45) is 13.0 Å². The smallest absolute Gasteiger partial charge is 0.273 e. The first-order valence-corrected chi connectivity index (χ1v) is 5.84. The second-order valence-electron chi connectivity index (χ2n) is 4.75. The first-order chi connectivity index (χ1) is 8.47. The van der Waals surface area contributed by atoms with Gasteiger partial charge in [-0.25, -0.2) is 0 Å². The van der Waals surface area contributed by atoms with Crippen LogP contribution in [0.5, 0.6) is 0 Å². The van der Waals surface area contributed by atoms with E-state index in [-0.39, 0.29) is 11.2 Å². The molecule has 2 heterocycles. The van der Waals surface area contributed by atoms with Crippen molar-refractivity contribution < 1.29 is 0 Å². The lowest BCUT2D eigenvalue weighted by molar-refractivity contribution is 0.512. The van der Waals surface area contributed by atoms with E-state index < -0.39 is 0 Å². The van der Waals surface area contributed by atoms with E-state index in [1.165, 1.54) is 4.80 Å². The maximum absolute atomic E-state index is 11.9. The van der Waals surface area contributed by atoms with E-state index in [4.69, 9.17) is 5.73 Å². The molecule has 0 radical (unpaired) electrons.